The average Bonchev–Trinajstić information content (AvgIpc) is 2.76. The maximum Gasteiger partial charge on any atom is 0.331 e. The fourth-order valence-corrected chi connectivity index (χ4v) is 3.27. The van der Waals surface area contributed by atoms with Gasteiger partial charge in [-0.25, -0.2) is 4.79 Å². The van der Waals surface area contributed by atoms with E-state index in [2.05, 4.69) is 31.2 Å². The molecule has 0 heterocycles. The van der Waals surface area contributed by atoms with E-state index < -0.39 is 23.3 Å². The standard InChI is InChI=1S/C18H32O2.C9H10O4/c1-2-3-4-5-6-7-8-9-10-11-12-13-14-15-16-17-18(19)20;1-9(8(12)13)4-2-3-6(5-9)7(10)11/h6-7,9-10H,2-5,8,11-17H2,1H3,(H,19,20);2-4H,5H2,1H3,(H,10,11)(H,12,13)/b7-6-,10-9-;. The van der Waals surface area contributed by atoms with Crippen molar-refractivity contribution in [3.05, 3.63) is 48.1 Å². The van der Waals surface area contributed by atoms with Crippen molar-refractivity contribution in [2.75, 3.05) is 0 Å². The lowest BCUT2D eigenvalue weighted by atomic mass is 9.80. The van der Waals surface area contributed by atoms with Gasteiger partial charge in [0.2, 0.25) is 0 Å². The van der Waals surface area contributed by atoms with Gasteiger partial charge in [-0.05, 0) is 51.9 Å². The van der Waals surface area contributed by atoms with Crippen LogP contribution in [0.15, 0.2) is 48.1 Å². The molecule has 3 N–H and O–H groups in total. The highest BCUT2D eigenvalue weighted by atomic mass is 16.4. The van der Waals surface area contributed by atoms with E-state index in [1.807, 2.05) is 0 Å². The van der Waals surface area contributed by atoms with Gasteiger partial charge in [-0.15, -0.1) is 0 Å². The Hall–Kier alpha value is -2.63. The van der Waals surface area contributed by atoms with Gasteiger partial charge in [0, 0.05) is 12.0 Å². The minimum Gasteiger partial charge on any atom is -0.481 e. The predicted octanol–water partition coefficient (Wildman–Crippen LogP) is 6.93. The third kappa shape index (κ3) is 16.6. The summed E-state index contributed by atoms with van der Waals surface area (Å²) in [6, 6.07) is 0. The van der Waals surface area contributed by atoms with Crippen molar-refractivity contribution in [2.45, 2.75) is 97.3 Å². The van der Waals surface area contributed by atoms with Gasteiger partial charge in [-0.2, -0.15) is 0 Å². The Morgan fingerprint density at radius 1 is 0.879 bits per heavy atom. The van der Waals surface area contributed by atoms with E-state index in [4.69, 9.17) is 15.3 Å². The lowest BCUT2D eigenvalue weighted by Crippen LogP contribution is -2.28. The highest BCUT2D eigenvalue weighted by molar-refractivity contribution is 5.90. The number of aliphatic carboxylic acids is 3. The van der Waals surface area contributed by atoms with E-state index in [1.165, 1.54) is 70.1 Å². The molecular formula is C27H42O6. The van der Waals surface area contributed by atoms with Gasteiger partial charge in [-0.3, -0.25) is 9.59 Å². The molecule has 0 saturated heterocycles. The van der Waals surface area contributed by atoms with E-state index >= 15 is 0 Å². The van der Waals surface area contributed by atoms with E-state index in [-0.39, 0.29) is 12.0 Å². The maximum atomic E-state index is 10.8. The number of rotatable bonds is 16. The van der Waals surface area contributed by atoms with Crippen molar-refractivity contribution in [2.24, 2.45) is 5.41 Å². The van der Waals surface area contributed by atoms with Crippen LogP contribution in [0.25, 0.3) is 0 Å². The van der Waals surface area contributed by atoms with Crippen LogP contribution in [-0.4, -0.2) is 33.2 Å². The van der Waals surface area contributed by atoms with Gasteiger partial charge in [0.15, 0.2) is 0 Å². The third-order valence-electron chi connectivity index (χ3n) is 5.42. The Bertz CT molecular complexity index is 701. The highest BCUT2D eigenvalue weighted by Gasteiger charge is 2.34. The molecule has 0 aromatic heterocycles. The minimum absolute atomic E-state index is 0.0359. The summed E-state index contributed by atoms with van der Waals surface area (Å²) in [6.45, 7) is 3.74. The summed E-state index contributed by atoms with van der Waals surface area (Å²) in [5.41, 5.74) is -0.949. The van der Waals surface area contributed by atoms with E-state index in [0.717, 1.165) is 25.7 Å². The van der Waals surface area contributed by atoms with Gasteiger partial charge in [0.1, 0.15) is 0 Å². The van der Waals surface area contributed by atoms with Gasteiger partial charge in [0.25, 0.3) is 0 Å². The van der Waals surface area contributed by atoms with Crippen LogP contribution in [0, 0.1) is 5.41 Å². The van der Waals surface area contributed by atoms with Crippen LogP contribution in [0.3, 0.4) is 0 Å². The summed E-state index contributed by atoms with van der Waals surface area (Å²) in [5.74, 6) is -2.73. The molecule has 0 bridgehead atoms. The van der Waals surface area contributed by atoms with E-state index in [0.29, 0.717) is 6.42 Å². The molecule has 1 aliphatic rings. The average molecular weight is 463 g/mol. The number of unbranched alkanes of at least 4 members (excludes halogenated alkanes) is 8. The second-order valence-corrected chi connectivity index (χ2v) is 8.63. The van der Waals surface area contributed by atoms with Gasteiger partial charge < -0.3 is 15.3 Å². The lowest BCUT2D eigenvalue weighted by molar-refractivity contribution is -0.145. The first-order valence-electron chi connectivity index (χ1n) is 12.1. The number of hydrogen-bond acceptors (Lipinski definition) is 3. The van der Waals surface area contributed by atoms with Crippen LogP contribution in [0.1, 0.15) is 97.3 Å². The summed E-state index contributed by atoms with van der Waals surface area (Å²) in [4.78, 5) is 31.7. The van der Waals surface area contributed by atoms with Crippen LogP contribution in [0.2, 0.25) is 0 Å². The molecule has 0 saturated carbocycles. The number of carboxylic acid groups (broad SMARTS) is 3. The zero-order chi connectivity index (χ0) is 25.0. The number of allylic oxidation sites excluding steroid dienone is 6. The molecule has 0 fully saturated rings. The SMILES string of the molecule is CC1(C(=O)O)C=CC=C(C(=O)O)C1.CCCCC/C=C\C/C=C\CCCCCCCC(=O)O. The normalized spacial score (nSPS) is 17.6. The fraction of sp³-hybridized carbons (Fsp3) is 0.593. The molecule has 0 aromatic carbocycles. The number of hydrogen-bond donors (Lipinski definition) is 3. The van der Waals surface area contributed by atoms with Gasteiger partial charge in [-0.1, -0.05) is 81.6 Å². The first kappa shape index (κ1) is 30.4. The quantitative estimate of drug-likeness (QED) is 0.169. The molecule has 1 rings (SSSR count). The van der Waals surface area contributed by atoms with Crippen LogP contribution in [0.5, 0.6) is 0 Å². The predicted molar refractivity (Wildman–Crippen MR) is 132 cm³/mol. The molecule has 186 valence electrons. The highest BCUT2D eigenvalue weighted by Crippen LogP contribution is 2.31. The van der Waals surface area contributed by atoms with Gasteiger partial charge in [0.05, 0.1) is 5.41 Å². The first-order valence-corrected chi connectivity index (χ1v) is 12.1. The molecule has 6 heteroatoms. The summed E-state index contributed by atoms with van der Waals surface area (Å²) in [5, 5.41) is 26.0. The molecule has 1 unspecified atom stereocenters. The Morgan fingerprint density at radius 2 is 1.45 bits per heavy atom. The second-order valence-electron chi connectivity index (χ2n) is 8.63. The lowest BCUT2D eigenvalue weighted by Gasteiger charge is -2.23. The topological polar surface area (TPSA) is 112 Å². The molecule has 0 aliphatic heterocycles. The monoisotopic (exact) mass is 462 g/mol. The Morgan fingerprint density at radius 3 is 2.00 bits per heavy atom. The van der Waals surface area contributed by atoms with Crippen molar-refractivity contribution >= 4 is 17.9 Å². The Kier molecular flexibility index (Phi) is 17.4. The Labute approximate surface area is 198 Å². The molecule has 1 atom stereocenters. The van der Waals surface area contributed by atoms with Crippen molar-refractivity contribution in [1.29, 1.82) is 0 Å². The summed E-state index contributed by atoms with van der Waals surface area (Å²) >= 11 is 0. The molecule has 0 aromatic rings. The van der Waals surface area contributed by atoms with Crippen molar-refractivity contribution in [3.63, 3.8) is 0 Å². The molecule has 6 nitrogen and oxygen atoms in total. The molecule has 0 spiro atoms. The van der Waals surface area contributed by atoms with E-state index in [9.17, 15) is 14.4 Å². The Balaban J connectivity index is 0.000000676. The van der Waals surface area contributed by atoms with Gasteiger partial charge >= 0.3 is 17.9 Å². The van der Waals surface area contributed by atoms with Crippen LogP contribution >= 0.6 is 0 Å². The summed E-state index contributed by atoms with van der Waals surface area (Å²) < 4.78 is 0. The van der Waals surface area contributed by atoms with Crippen LogP contribution < -0.4 is 0 Å². The minimum atomic E-state index is -1.08. The van der Waals surface area contributed by atoms with Crippen LogP contribution in [-0.2, 0) is 14.4 Å². The summed E-state index contributed by atoms with van der Waals surface area (Å²) in [6.07, 6.45) is 26.7. The first-order chi connectivity index (χ1) is 15.7. The van der Waals surface area contributed by atoms with Crippen molar-refractivity contribution in [3.8, 4) is 0 Å². The van der Waals surface area contributed by atoms with Crippen molar-refractivity contribution in [1.82, 2.24) is 0 Å². The molecule has 1 aliphatic carbocycles. The smallest absolute Gasteiger partial charge is 0.331 e. The molecule has 0 radical (unpaired) electrons. The van der Waals surface area contributed by atoms with Crippen LogP contribution in [0.4, 0.5) is 0 Å². The van der Waals surface area contributed by atoms with E-state index in [1.54, 1.807) is 0 Å². The molecule has 0 amide bonds. The zero-order valence-electron chi connectivity index (χ0n) is 20.3. The second kappa shape index (κ2) is 18.9. The number of carbonyl (C=O) groups is 3. The van der Waals surface area contributed by atoms with Crippen molar-refractivity contribution < 1.29 is 29.7 Å². The molecular weight excluding hydrogens is 420 g/mol. The molecule has 33 heavy (non-hydrogen) atoms. The zero-order valence-corrected chi connectivity index (χ0v) is 20.3. The third-order valence-corrected chi connectivity index (χ3v) is 5.42. The maximum absolute atomic E-state index is 10.8. The number of carboxylic acids is 3. The summed E-state index contributed by atoms with van der Waals surface area (Å²) in [7, 11) is 0. The fourth-order valence-electron chi connectivity index (χ4n) is 3.27. The largest absolute Gasteiger partial charge is 0.481 e.